The molecule has 100 valence electrons. The molecule has 3 heteroatoms. The Morgan fingerprint density at radius 3 is 2.79 bits per heavy atom. The molecule has 0 aliphatic heterocycles. The molecule has 1 aromatic heterocycles. The lowest BCUT2D eigenvalue weighted by atomic mass is 9.86. The van der Waals surface area contributed by atoms with Crippen molar-refractivity contribution in [2.75, 3.05) is 0 Å². The van der Waals surface area contributed by atoms with Crippen LogP contribution in [0.4, 0.5) is 0 Å². The monoisotopic (exact) mass is 255 g/mol. The zero-order valence-electron chi connectivity index (χ0n) is 11.5. The van der Waals surface area contributed by atoms with Gasteiger partial charge in [-0.3, -0.25) is 4.98 Å². The standard InChI is InChI=1S/C16H21N3/c1-12-6-2-3-7-14(12)17-10-13-11-18-15-8-4-5-9-16(15)19-13/h4-5,8-9,11-12,14,17H,2-3,6-7,10H2,1H3. The lowest BCUT2D eigenvalue weighted by molar-refractivity contribution is 0.278. The maximum Gasteiger partial charge on any atom is 0.0890 e. The number of hydrogen-bond donors (Lipinski definition) is 1. The summed E-state index contributed by atoms with van der Waals surface area (Å²) in [7, 11) is 0. The first-order valence-electron chi connectivity index (χ1n) is 7.27. The third-order valence-corrected chi connectivity index (χ3v) is 4.16. The lowest BCUT2D eigenvalue weighted by Gasteiger charge is -2.29. The lowest BCUT2D eigenvalue weighted by Crippen LogP contribution is -2.36. The summed E-state index contributed by atoms with van der Waals surface area (Å²) in [6.45, 7) is 3.18. The predicted octanol–water partition coefficient (Wildman–Crippen LogP) is 3.30. The van der Waals surface area contributed by atoms with Gasteiger partial charge in [0.2, 0.25) is 0 Å². The fraction of sp³-hybridized carbons (Fsp3) is 0.500. The highest BCUT2D eigenvalue weighted by Gasteiger charge is 2.20. The van der Waals surface area contributed by atoms with Crippen LogP contribution in [0, 0.1) is 5.92 Å². The van der Waals surface area contributed by atoms with E-state index in [-0.39, 0.29) is 0 Å². The average molecular weight is 255 g/mol. The van der Waals surface area contributed by atoms with Crippen molar-refractivity contribution in [2.45, 2.75) is 45.2 Å². The second-order valence-electron chi connectivity index (χ2n) is 5.60. The largest absolute Gasteiger partial charge is 0.308 e. The van der Waals surface area contributed by atoms with Crippen LogP contribution in [0.3, 0.4) is 0 Å². The minimum absolute atomic E-state index is 0.641. The number of hydrogen-bond acceptors (Lipinski definition) is 3. The molecular formula is C16H21N3. The first kappa shape index (κ1) is 12.5. The summed E-state index contributed by atoms with van der Waals surface area (Å²) >= 11 is 0. The van der Waals surface area contributed by atoms with Crippen LogP contribution in [0.15, 0.2) is 30.5 Å². The van der Waals surface area contributed by atoms with Crippen LogP contribution in [0.25, 0.3) is 11.0 Å². The first-order chi connectivity index (χ1) is 9.33. The number of nitrogens with one attached hydrogen (secondary N) is 1. The number of aromatic nitrogens is 2. The van der Waals surface area contributed by atoms with Crippen molar-refractivity contribution in [2.24, 2.45) is 5.92 Å². The average Bonchev–Trinajstić information content (AvgIpc) is 2.46. The van der Waals surface area contributed by atoms with Crippen LogP contribution in [0.2, 0.25) is 0 Å². The van der Waals surface area contributed by atoms with Crippen molar-refractivity contribution < 1.29 is 0 Å². The van der Waals surface area contributed by atoms with Crippen LogP contribution in [-0.4, -0.2) is 16.0 Å². The van der Waals surface area contributed by atoms with Gasteiger partial charge >= 0.3 is 0 Å². The van der Waals surface area contributed by atoms with Crippen LogP contribution in [0.1, 0.15) is 38.3 Å². The van der Waals surface area contributed by atoms with Gasteiger partial charge in [0.15, 0.2) is 0 Å². The van der Waals surface area contributed by atoms with Crippen LogP contribution < -0.4 is 5.32 Å². The fourth-order valence-electron chi connectivity index (χ4n) is 2.94. The van der Waals surface area contributed by atoms with Gasteiger partial charge in [0.1, 0.15) is 0 Å². The van der Waals surface area contributed by atoms with Gasteiger partial charge in [-0.25, -0.2) is 4.98 Å². The highest BCUT2D eigenvalue weighted by Crippen LogP contribution is 2.23. The molecule has 1 fully saturated rings. The molecule has 0 saturated heterocycles. The number of benzene rings is 1. The van der Waals surface area contributed by atoms with Crippen molar-refractivity contribution in [1.82, 2.24) is 15.3 Å². The van der Waals surface area contributed by atoms with E-state index in [1.165, 1.54) is 25.7 Å². The molecule has 1 aliphatic carbocycles. The minimum Gasteiger partial charge on any atom is -0.308 e. The summed E-state index contributed by atoms with van der Waals surface area (Å²) in [6, 6.07) is 8.68. The molecule has 1 N–H and O–H groups in total. The Hall–Kier alpha value is -1.48. The summed E-state index contributed by atoms with van der Waals surface area (Å²) < 4.78 is 0. The zero-order chi connectivity index (χ0) is 13.1. The highest BCUT2D eigenvalue weighted by molar-refractivity contribution is 5.73. The number of nitrogens with zero attached hydrogens (tertiary/aromatic N) is 2. The van der Waals surface area contributed by atoms with E-state index in [1.54, 1.807) is 0 Å². The second-order valence-corrected chi connectivity index (χ2v) is 5.60. The van der Waals surface area contributed by atoms with Gasteiger partial charge in [-0.1, -0.05) is 31.9 Å². The molecule has 2 unspecified atom stereocenters. The van der Waals surface area contributed by atoms with Crippen LogP contribution >= 0.6 is 0 Å². The van der Waals surface area contributed by atoms with Crippen molar-refractivity contribution in [3.8, 4) is 0 Å². The van der Waals surface area contributed by atoms with E-state index in [0.717, 1.165) is 29.2 Å². The van der Waals surface area contributed by atoms with E-state index in [1.807, 2.05) is 30.5 Å². The number of rotatable bonds is 3. The van der Waals surface area contributed by atoms with E-state index >= 15 is 0 Å². The van der Waals surface area contributed by atoms with Gasteiger partial charge in [-0.05, 0) is 30.9 Å². The molecule has 0 amide bonds. The normalized spacial score (nSPS) is 23.6. The topological polar surface area (TPSA) is 37.8 Å². The van der Waals surface area contributed by atoms with Gasteiger partial charge in [0.05, 0.1) is 22.9 Å². The van der Waals surface area contributed by atoms with E-state index in [9.17, 15) is 0 Å². The molecule has 0 bridgehead atoms. The van der Waals surface area contributed by atoms with Crippen molar-refractivity contribution in [3.63, 3.8) is 0 Å². The van der Waals surface area contributed by atoms with E-state index in [4.69, 9.17) is 0 Å². The smallest absolute Gasteiger partial charge is 0.0890 e. The third kappa shape index (κ3) is 2.92. The Balaban J connectivity index is 1.67. The summed E-state index contributed by atoms with van der Waals surface area (Å²) in [5.41, 5.74) is 2.99. The number of para-hydroxylation sites is 2. The predicted molar refractivity (Wildman–Crippen MR) is 77.8 cm³/mol. The van der Waals surface area contributed by atoms with Gasteiger partial charge in [0.25, 0.3) is 0 Å². The van der Waals surface area contributed by atoms with Crippen molar-refractivity contribution in [1.29, 1.82) is 0 Å². The molecule has 2 aromatic rings. The van der Waals surface area contributed by atoms with Crippen molar-refractivity contribution >= 4 is 11.0 Å². The van der Waals surface area contributed by atoms with Crippen LogP contribution in [-0.2, 0) is 6.54 Å². The molecule has 1 aliphatic rings. The summed E-state index contributed by atoms with van der Waals surface area (Å²) in [4.78, 5) is 9.12. The van der Waals surface area contributed by atoms with Gasteiger partial charge in [0, 0.05) is 12.6 Å². The van der Waals surface area contributed by atoms with E-state index in [2.05, 4.69) is 22.2 Å². The molecular weight excluding hydrogens is 234 g/mol. The molecule has 19 heavy (non-hydrogen) atoms. The van der Waals surface area contributed by atoms with Crippen LogP contribution in [0.5, 0.6) is 0 Å². The molecule has 1 heterocycles. The third-order valence-electron chi connectivity index (χ3n) is 4.16. The molecule has 1 saturated carbocycles. The Labute approximate surface area is 114 Å². The summed E-state index contributed by atoms with van der Waals surface area (Å²) in [5.74, 6) is 0.780. The second kappa shape index (κ2) is 5.66. The SMILES string of the molecule is CC1CCCCC1NCc1cnc2ccccc2n1. The summed E-state index contributed by atoms with van der Waals surface area (Å²) in [6.07, 6.45) is 7.27. The fourth-order valence-corrected chi connectivity index (χ4v) is 2.94. The maximum absolute atomic E-state index is 4.66. The Kier molecular flexibility index (Phi) is 3.74. The molecule has 2 atom stereocenters. The van der Waals surface area contributed by atoms with Gasteiger partial charge in [-0.15, -0.1) is 0 Å². The molecule has 3 nitrogen and oxygen atoms in total. The quantitative estimate of drug-likeness (QED) is 0.914. The Bertz CT molecular complexity index is 552. The number of fused-ring (bicyclic) bond motifs is 1. The Morgan fingerprint density at radius 1 is 1.16 bits per heavy atom. The van der Waals surface area contributed by atoms with Crippen molar-refractivity contribution in [3.05, 3.63) is 36.2 Å². The maximum atomic E-state index is 4.66. The van der Waals surface area contributed by atoms with E-state index < -0.39 is 0 Å². The molecule has 1 aromatic carbocycles. The summed E-state index contributed by atoms with van der Waals surface area (Å²) in [5, 5.41) is 3.65. The van der Waals surface area contributed by atoms with Gasteiger partial charge < -0.3 is 5.32 Å². The van der Waals surface area contributed by atoms with Gasteiger partial charge in [-0.2, -0.15) is 0 Å². The molecule has 3 rings (SSSR count). The Morgan fingerprint density at radius 2 is 1.95 bits per heavy atom. The first-order valence-corrected chi connectivity index (χ1v) is 7.27. The molecule has 0 spiro atoms. The minimum atomic E-state index is 0.641. The highest BCUT2D eigenvalue weighted by atomic mass is 14.9. The zero-order valence-corrected chi connectivity index (χ0v) is 11.5. The molecule has 0 radical (unpaired) electrons. The van der Waals surface area contributed by atoms with E-state index in [0.29, 0.717) is 6.04 Å².